The minimum Gasteiger partial charge on any atom is -0.451 e. The molecule has 7 heteroatoms. The fourth-order valence-corrected chi connectivity index (χ4v) is 3.46. The molecular formula is C20H17ClN2O3S. The number of amides is 1. The standard InChI is InChI=1S/C20H17ClN2O3S/c1-12-7-13(2)9-16(8-12)22-18(24)10-26-20(25)17-11-27-19(23-17)14-3-5-15(21)6-4-14/h3-9,11H,10H2,1-2H3,(H,22,24). The van der Waals surface area contributed by atoms with Crippen LogP contribution in [0.2, 0.25) is 5.02 Å². The first kappa shape index (κ1) is 19.1. The number of ether oxygens (including phenoxy) is 1. The van der Waals surface area contributed by atoms with Gasteiger partial charge in [0, 0.05) is 21.7 Å². The van der Waals surface area contributed by atoms with Crippen molar-refractivity contribution < 1.29 is 14.3 Å². The molecule has 27 heavy (non-hydrogen) atoms. The van der Waals surface area contributed by atoms with E-state index in [1.807, 2.05) is 44.2 Å². The third kappa shape index (κ3) is 5.15. The highest BCUT2D eigenvalue weighted by Gasteiger charge is 2.15. The Balaban J connectivity index is 1.57. The van der Waals surface area contributed by atoms with Crippen molar-refractivity contribution in [2.45, 2.75) is 13.8 Å². The van der Waals surface area contributed by atoms with E-state index >= 15 is 0 Å². The van der Waals surface area contributed by atoms with Gasteiger partial charge in [-0.15, -0.1) is 11.3 Å². The largest absolute Gasteiger partial charge is 0.451 e. The quantitative estimate of drug-likeness (QED) is 0.620. The topological polar surface area (TPSA) is 68.3 Å². The molecule has 0 atom stereocenters. The summed E-state index contributed by atoms with van der Waals surface area (Å²) < 4.78 is 5.06. The predicted octanol–water partition coefficient (Wildman–Crippen LogP) is 4.88. The Kier molecular flexibility index (Phi) is 5.88. The molecule has 5 nitrogen and oxygen atoms in total. The average Bonchev–Trinajstić information content (AvgIpc) is 3.09. The number of esters is 1. The average molecular weight is 401 g/mol. The zero-order valence-electron chi connectivity index (χ0n) is 14.8. The molecule has 0 radical (unpaired) electrons. The minimum absolute atomic E-state index is 0.171. The molecule has 3 rings (SSSR count). The summed E-state index contributed by atoms with van der Waals surface area (Å²) >= 11 is 7.19. The Morgan fingerprint density at radius 1 is 1.11 bits per heavy atom. The number of aromatic nitrogens is 1. The van der Waals surface area contributed by atoms with Crippen LogP contribution in [0, 0.1) is 13.8 Å². The lowest BCUT2D eigenvalue weighted by Crippen LogP contribution is -2.21. The summed E-state index contributed by atoms with van der Waals surface area (Å²) in [6.07, 6.45) is 0. The molecule has 0 bridgehead atoms. The predicted molar refractivity (Wildman–Crippen MR) is 107 cm³/mol. The monoisotopic (exact) mass is 400 g/mol. The molecule has 1 N–H and O–H groups in total. The van der Waals surface area contributed by atoms with Crippen LogP contribution in [-0.2, 0) is 9.53 Å². The van der Waals surface area contributed by atoms with Gasteiger partial charge in [-0.25, -0.2) is 9.78 Å². The van der Waals surface area contributed by atoms with Crippen LogP contribution in [0.3, 0.4) is 0 Å². The molecule has 1 aromatic heterocycles. The molecule has 138 valence electrons. The van der Waals surface area contributed by atoms with Crippen LogP contribution in [0.25, 0.3) is 10.6 Å². The number of halogens is 1. The van der Waals surface area contributed by atoms with E-state index in [-0.39, 0.29) is 12.3 Å². The molecule has 0 saturated carbocycles. The molecule has 0 fully saturated rings. The summed E-state index contributed by atoms with van der Waals surface area (Å²) in [5, 5.41) is 5.63. The van der Waals surface area contributed by atoms with Gasteiger partial charge in [-0.05, 0) is 49.2 Å². The number of aryl methyl sites for hydroxylation is 2. The summed E-state index contributed by atoms with van der Waals surface area (Å²) in [6, 6.07) is 12.9. The third-order valence-corrected chi connectivity index (χ3v) is 4.79. The Morgan fingerprint density at radius 2 is 1.78 bits per heavy atom. The Hall–Kier alpha value is -2.70. The van der Waals surface area contributed by atoms with Crippen LogP contribution < -0.4 is 5.32 Å². The van der Waals surface area contributed by atoms with Crippen LogP contribution >= 0.6 is 22.9 Å². The van der Waals surface area contributed by atoms with E-state index in [1.165, 1.54) is 11.3 Å². The van der Waals surface area contributed by atoms with Gasteiger partial charge in [0.2, 0.25) is 0 Å². The van der Waals surface area contributed by atoms with Crippen molar-refractivity contribution in [3.63, 3.8) is 0 Å². The van der Waals surface area contributed by atoms with Crippen molar-refractivity contribution in [2.24, 2.45) is 0 Å². The lowest BCUT2D eigenvalue weighted by Gasteiger charge is -2.07. The fraction of sp³-hybridized carbons (Fsp3) is 0.150. The summed E-state index contributed by atoms with van der Waals surface area (Å²) in [5.41, 5.74) is 3.78. The van der Waals surface area contributed by atoms with Gasteiger partial charge in [0.25, 0.3) is 5.91 Å². The molecule has 0 aliphatic heterocycles. The molecule has 0 saturated heterocycles. The maximum absolute atomic E-state index is 12.1. The molecule has 1 amide bonds. The first-order valence-electron chi connectivity index (χ1n) is 8.17. The van der Waals surface area contributed by atoms with Gasteiger partial charge in [-0.3, -0.25) is 4.79 Å². The first-order valence-corrected chi connectivity index (χ1v) is 9.43. The van der Waals surface area contributed by atoms with E-state index in [1.54, 1.807) is 17.5 Å². The lowest BCUT2D eigenvalue weighted by molar-refractivity contribution is -0.119. The molecule has 0 spiro atoms. The molecule has 3 aromatic rings. The second-order valence-electron chi connectivity index (χ2n) is 6.05. The molecule has 2 aromatic carbocycles. The number of carbonyl (C=O) groups is 2. The maximum Gasteiger partial charge on any atom is 0.358 e. The van der Waals surface area contributed by atoms with E-state index in [4.69, 9.17) is 16.3 Å². The third-order valence-electron chi connectivity index (χ3n) is 3.64. The number of nitrogens with one attached hydrogen (secondary N) is 1. The van der Waals surface area contributed by atoms with E-state index < -0.39 is 11.9 Å². The number of rotatable bonds is 5. The van der Waals surface area contributed by atoms with Gasteiger partial charge >= 0.3 is 5.97 Å². The highest BCUT2D eigenvalue weighted by atomic mass is 35.5. The minimum atomic E-state index is -0.637. The van der Waals surface area contributed by atoms with Crippen LogP contribution in [-0.4, -0.2) is 23.5 Å². The number of hydrogen-bond acceptors (Lipinski definition) is 5. The molecular weight excluding hydrogens is 384 g/mol. The zero-order chi connectivity index (χ0) is 19.4. The summed E-state index contributed by atoms with van der Waals surface area (Å²) in [5.74, 6) is -1.04. The Bertz CT molecular complexity index is 963. The van der Waals surface area contributed by atoms with Crippen molar-refractivity contribution in [3.05, 3.63) is 69.7 Å². The molecule has 0 aliphatic carbocycles. The fourth-order valence-electron chi connectivity index (χ4n) is 2.54. The van der Waals surface area contributed by atoms with Crippen LogP contribution in [0.1, 0.15) is 21.6 Å². The van der Waals surface area contributed by atoms with Gasteiger partial charge in [0.15, 0.2) is 12.3 Å². The van der Waals surface area contributed by atoms with Crippen molar-refractivity contribution in [3.8, 4) is 10.6 Å². The van der Waals surface area contributed by atoms with E-state index in [2.05, 4.69) is 10.3 Å². The Morgan fingerprint density at radius 3 is 2.44 bits per heavy atom. The summed E-state index contributed by atoms with van der Waals surface area (Å²) in [4.78, 5) is 28.4. The van der Waals surface area contributed by atoms with Crippen LogP contribution in [0.15, 0.2) is 47.8 Å². The van der Waals surface area contributed by atoms with Gasteiger partial charge < -0.3 is 10.1 Å². The number of nitrogens with zero attached hydrogens (tertiary/aromatic N) is 1. The van der Waals surface area contributed by atoms with E-state index in [9.17, 15) is 9.59 Å². The maximum atomic E-state index is 12.1. The summed E-state index contributed by atoms with van der Waals surface area (Å²) in [7, 11) is 0. The molecule has 0 aliphatic rings. The number of anilines is 1. The van der Waals surface area contributed by atoms with Crippen molar-refractivity contribution in [1.82, 2.24) is 4.98 Å². The van der Waals surface area contributed by atoms with Crippen LogP contribution in [0.4, 0.5) is 5.69 Å². The molecule has 1 heterocycles. The highest BCUT2D eigenvalue weighted by molar-refractivity contribution is 7.13. The van der Waals surface area contributed by atoms with Crippen LogP contribution in [0.5, 0.6) is 0 Å². The second-order valence-corrected chi connectivity index (χ2v) is 7.34. The van der Waals surface area contributed by atoms with E-state index in [0.29, 0.717) is 15.7 Å². The van der Waals surface area contributed by atoms with Crippen molar-refractivity contribution in [1.29, 1.82) is 0 Å². The number of hydrogen-bond donors (Lipinski definition) is 1. The lowest BCUT2D eigenvalue weighted by atomic mass is 10.1. The number of benzene rings is 2. The normalized spacial score (nSPS) is 10.5. The van der Waals surface area contributed by atoms with Crippen molar-refractivity contribution in [2.75, 3.05) is 11.9 Å². The van der Waals surface area contributed by atoms with Gasteiger partial charge in [0.05, 0.1) is 0 Å². The number of thiazole rings is 1. The SMILES string of the molecule is Cc1cc(C)cc(NC(=O)COC(=O)c2csc(-c3ccc(Cl)cc3)n2)c1. The zero-order valence-corrected chi connectivity index (χ0v) is 16.4. The number of carbonyl (C=O) groups excluding carboxylic acids is 2. The second kappa shape index (κ2) is 8.33. The Labute approximate surface area is 166 Å². The first-order chi connectivity index (χ1) is 12.9. The summed E-state index contributed by atoms with van der Waals surface area (Å²) in [6.45, 7) is 3.52. The molecule has 0 unspecified atom stereocenters. The van der Waals surface area contributed by atoms with E-state index in [0.717, 1.165) is 16.7 Å². The van der Waals surface area contributed by atoms with Gasteiger partial charge in [-0.1, -0.05) is 29.8 Å². The van der Waals surface area contributed by atoms with Gasteiger partial charge in [-0.2, -0.15) is 0 Å². The smallest absolute Gasteiger partial charge is 0.358 e. The highest BCUT2D eigenvalue weighted by Crippen LogP contribution is 2.25. The van der Waals surface area contributed by atoms with Gasteiger partial charge in [0.1, 0.15) is 5.01 Å². The van der Waals surface area contributed by atoms with Crippen molar-refractivity contribution >= 4 is 40.5 Å².